The van der Waals surface area contributed by atoms with E-state index in [1.807, 2.05) is 0 Å². The molecule has 0 saturated carbocycles. The highest BCUT2D eigenvalue weighted by Crippen LogP contribution is 2.30. The quantitative estimate of drug-likeness (QED) is 0.776. The number of nitrogens with zero attached hydrogens (tertiary/aromatic N) is 2. The second-order valence-corrected chi connectivity index (χ2v) is 5.82. The lowest BCUT2D eigenvalue weighted by atomic mass is 10.1. The molecule has 0 aliphatic carbocycles. The van der Waals surface area contributed by atoms with Gasteiger partial charge in [-0.1, -0.05) is 19.9 Å². The Kier molecular flexibility index (Phi) is 7.87. The summed E-state index contributed by atoms with van der Waals surface area (Å²) in [6, 6.07) is 0. The average molecular weight is 352 g/mol. The Labute approximate surface area is 146 Å². The van der Waals surface area contributed by atoms with Crippen molar-refractivity contribution in [2.75, 3.05) is 27.2 Å². The number of carbonyl (C=O) groups is 2. The van der Waals surface area contributed by atoms with Gasteiger partial charge in [-0.05, 0) is 13.5 Å². The van der Waals surface area contributed by atoms with E-state index in [4.69, 9.17) is 19.4 Å². The number of likely N-dealkylation sites (N-methyl/N-ethyl adjacent to an activating group) is 1. The molecule has 0 saturated heterocycles. The summed E-state index contributed by atoms with van der Waals surface area (Å²) < 4.78 is 10.9. The highest BCUT2D eigenvalue weighted by atomic mass is 16.6. The van der Waals surface area contributed by atoms with Gasteiger partial charge in [0.1, 0.15) is 5.69 Å². The third-order valence-corrected chi connectivity index (χ3v) is 3.34. The number of carboxylic acid groups (broad SMARTS) is 2. The molecular weight excluding hydrogens is 328 g/mol. The van der Waals surface area contributed by atoms with Gasteiger partial charge in [-0.15, -0.1) is 0 Å². The van der Waals surface area contributed by atoms with Crippen LogP contribution in [0.15, 0.2) is 22.6 Å². The van der Waals surface area contributed by atoms with E-state index in [2.05, 4.69) is 36.9 Å². The fraction of sp³-hybridized carbons (Fsp3) is 0.471. The van der Waals surface area contributed by atoms with Crippen molar-refractivity contribution in [3.8, 4) is 5.95 Å². The van der Waals surface area contributed by atoms with Crippen molar-refractivity contribution in [3.05, 3.63) is 29.8 Å². The van der Waals surface area contributed by atoms with Crippen molar-refractivity contribution < 1.29 is 29.0 Å². The second-order valence-electron chi connectivity index (χ2n) is 5.82. The van der Waals surface area contributed by atoms with Crippen LogP contribution >= 0.6 is 0 Å². The Morgan fingerprint density at radius 2 is 1.92 bits per heavy atom. The summed E-state index contributed by atoms with van der Waals surface area (Å²) in [6.07, 6.45) is 4.37. The van der Waals surface area contributed by atoms with Crippen LogP contribution < -0.4 is 4.74 Å². The molecule has 2 N–H and O–H groups in total. The third-order valence-electron chi connectivity index (χ3n) is 3.34. The molecule has 25 heavy (non-hydrogen) atoms. The molecule has 0 aromatic carbocycles. The van der Waals surface area contributed by atoms with Crippen molar-refractivity contribution in [2.24, 2.45) is 0 Å². The van der Waals surface area contributed by atoms with Crippen LogP contribution in [0.1, 0.15) is 37.8 Å². The van der Waals surface area contributed by atoms with Crippen LogP contribution in [0.2, 0.25) is 0 Å². The number of hydrogen-bond acceptors (Lipinski definition) is 6. The molecule has 0 spiro atoms. The summed E-state index contributed by atoms with van der Waals surface area (Å²) in [7, 11) is 3.73. The summed E-state index contributed by atoms with van der Waals surface area (Å²) >= 11 is 0. The average Bonchev–Trinajstić information content (AvgIpc) is 2.98. The van der Waals surface area contributed by atoms with E-state index >= 15 is 0 Å². The fourth-order valence-corrected chi connectivity index (χ4v) is 2.16. The van der Waals surface area contributed by atoms with Crippen molar-refractivity contribution in [3.63, 3.8) is 0 Å². The lowest BCUT2D eigenvalue weighted by Gasteiger charge is -2.20. The van der Waals surface area contributed by atoms with Crippen LogP contribution in [0.5, 0.6) is 5.95 Å². The number of methoxy groups -OCH3 is 1. The monoisotopic (exact) mass is 352 g/mol. The first-order valence-electron chi connectivity index (χ1n) is 7.81. The normalized spacial score (nSPS) is 14.8. The van der Waals surface area contributed by atoms with Gasteiger partial charge in [0.15, 0.2) is 0 Å². The van der Waals surface area contributed by atoms with Crippen LogP contribution in [-0.2, 0) is 9.59 Å². The first kappa shape index (κ1) is 20.4. The maximum atomic E-state index is 9.55. The van der Waals surface area contributed by atoms with E-state index in [0.717, 1.165) is 30.8 Å². The molecule has 0 atom stereocenters. The molecule has 1 aliphatic heterocycles. The van der Waals surface area contributed by atoms with Crippen molar-refractivity contribution in [1.82, 2.24) is 9.88 Å². The number of carboxylic acids is 2. The van der Waals surface area contributed by atoms with E-state index in [1.54, 1.807) is 7.11 Å². The molecule has 1 aromatic heterocycles. The predicted molar refractivity (Wildman–Crippen MR) is 91.6 cm³/mol. The van der Waals surface area contributed by atoms with Gasteiger partial charge in [0, 0.05) is 36.7 Å². The SMILES string of the molecule is COc1oc(C2=CCCN(C)C2)nc1C(C)C.O=C(O)C=CC(=O)O. The number of ether oxygens (including phenoxy) is 1. The van der Waals surface area contributed by atoms with E-state index in [0.29, 0.717) is 29.9 Å². The van der Waals surface area contributed by atoms with Crippen LogP contribution in [0, 0.1) is 0 Å². The molecule has 0 radical (unpaired) electrons. The molecule has 0 amide bonds. The molecule has 138 valence electrons. The summed E-state index contributed by atoms with van der Waals surface area (Å²) in [5.74, 6) is -0.953. The molecular formula is C17H24N2O6. The molecule has 2 rings (SSSR count). The standard InChI is InChI=1S/C13H20N2O2.C4H4O4/c1-9(2)11-13(16-4)17-12(14-11)10-6-5-7-15(3)8-10;5-3(6)1-2-4(7)8/h6,9H,5,7-8H2,1-4H3;1-2H,(H,5,6)(H,7,8). The Morgan fingerprint density at radius 3 is 2.32 bits per heavy atom. The highest BCUT2D eigenvalue weighted by Gasteiger charge is 2.21. The zero-order valence-electron chi connectivity index (χ0n) is 14.9. The van der Waals surface area contributed by atoms with Crippen molar-refractivity contribution in [2.45, 2.75) is 26.2 Å². The topological polar surface area (TPSA) is 113 Å². The lowest BCUT2D eigenvalue weighted by Crippen LogP contribution is -2.25. The second kappa shape index (κ2) is 9.63. The Hall–Kier alpha value is -2.61. The van der Waals surface area contributed by atoms with E-state index < -0.39 is 11.9 Å². The Bertz CT molecular complexity index is 644. The zero-order chi connectivity index (χ0) is 19.0. The molecule has 8 heteroatoms. The maximum absolute atomic E-state index is 9.55. The largest absolute Gasteiger partial charge is 0.478 e. The summed E-state index contributed by atoms with van der Waals surface area (Å²) in [5.41, 5.74) is 2.06. The van der Waals surface area contributed by atoms with E-state index in [9.17, 15) is 9.59 Å². The van der Waals surface area contributed by atoms with Gasteiger partial charge in [-0.2, -0.15) is 0 Å². The van der Waals surface area contributed by atoms with E-state index in [1.165, 1.54) is 0 Å². The lowest BCUT2D eigenvalue weighted by molar-refractivity contribution is -0.134. The molecule has 0 unspecified atom stereocenters. The number of hydrogen-bond donors (Lipinski definition) is 2. The number of aliphatic carboxylic acids is 2. The van der Waals surface area contributed by atoms with Gasteiger partial charge < -0.3 is 24.3 Å². The molecule has 0 bridgehead atoms. The van der Waals surface area contributed by atoms with Crippen LogP contribution in [0.25, 0.3) is 5.57 Å². The minimum Gasteiger partial charge on any atom is -0.478 e. The van der Waals surface area contributed by atoms with Gasteiger partial charge in [-0.3, -0.25) is 0 Å². The minimum absolute atomic E-state index is 0.310. The summed E-state index contributed by atoms with van der Waals surface area (Å²) in [5, 5.41) is 15.6. The maximum Gasteiger partial charge on any atom is 0.328 e. The van der Waals surface area contributed by atoms with Crippen LogP contribution in [-0.4, -0.2) is 59.3 Å². The number of oxazole rings is 1. The highest BCUT2D eigenvalue weighted by molar-refractivity contribution is 5.89. The summed E-state index contributed by atoms with van der Waals surface area (Å²) in [6.45, 7) is 6.16. The Balaban J connectivity index is 0.000000333. The van der Waals surface area contributed by atoms with Gasteiger partial charge in [0.25, 0.3) is 0 Å². The molecule has 2 heterocycles. The first-order valence-corrected chi connectivity index (χ1v) is 7.81. The first-order chi connectivity index (χ1) is 11.7. The minimum atomic E-state index is -1.26. The van der Waals surface area contributed by atoms with Gasteiger partial charge in [0.05, 0.1) is 7.11 Å². The van der Waals surface area contributed by atoms with Gasteiger partial charge >= 0.3 is 17.9 Å². The van der Waals surface area contributed by atoms with Crippen molar-refractivity contribution in [1.29, 1.82) is 0 Å². The number of rotatable bonds is 5. The van der Waals surface area contributed by atoms with Gasteiger partial charge in [0.2, 0.25) is 5.89 Å². The Morgan fingerprint density at radius 1 is 1.32 bits per heavy atom. The molecule has 1 aromatic rings. The molecule has 0 fully saturated rings. The molecule has 8 nitrogen and oxygen atoms in total. The summed E-state index contributed by atoms with van der Waals surface area (Å²) in [4.78, 5) is 25.9. The van der Waals surface area contributed by atoms with Crippen molar-refractivity contribution >= 4 is 17.5 Å². The predicted octanol–water partition coefficient (Wildman–Crippen LogP) is 2.24. The smallest absolute Gasteiger partial charge is 0.328 e. The number of aromatic nitrogens is 1. The van der Waals surface area contributed by atoms with Crippen LogP contribution in [0.3, 0.4) is 0 Å². The molecule has 1 aliphatic rings. The third kappa shape index (κ3) is 6.80. The zero-order valence-corrected chi connectivity index (χ0v) is 14.9. The van der Waals surface area contributed by atoms with Gasteiger partial charge in [-0.25, -0.2) is 14.6 Å². The van der Waals surface area contributed by atoms with E-state index in [-0.39, 0.29) is 0 Å². The fourth-order valence-electron chi connectivity index (χ4n) is 2.16. The van der Waals surface area contributed by atoms with Crippen LogP contribution in [0.4, 0.5) is 0 Å².